The fraction of sp³-hybridized carbons (Fsp3) is 0.130. The van der Waals surface area contributed by atoms with Gasteiger partial charge in [-0.3, -0.25) is 9.48 Å². The van der Waals surface area contributed by atoms with Gasteiger partial charge in [-0.1, -0.05) is 6.07 Å². The first-order chi connectivity index (χ1) is 14.5. The first-order valence-electron chi connectivity index (χ1n) is 9.29. The van der Waals surface area contributed by atoms with Crippen LogP contribution in [0.4, 0.5) is 0 Å². The Labute approximate surface area is 172 Å². The van der Waals surface area contributed by atoms with Gasteiger partial charge in [-0.05, 0) is 60.5 Å². The van der Waals surface area contributed by atoms with Crippen LogP contribution in [0.1, 0.15) is 17.0 Å². The van der Waals surface area contributed by atoms with Crippen molar-refractivity contribution in [2.24, 2.45) is 7.05 Å². The zero-order valence-corrected chi connectivity index (χ0v) is 16.8. The number of aromatic amines is 1. The van der Waals surface area contributed by atoms with Crippen molar-refractivity contribution in [3.8, 4) is 22.9 Å². The van der Waals surface area contributed by atoms with E-state index in [1.165, 1.54) is 0 Å². The van der Waals surface area contributed by atoms with Gasteiger partial charge in [-0.15, -0.1) is 0 Å². The van der Waals surface area contributed by atoms with E-state index < -0.39 is 0 Å². The summed E-state index contributed by atoms with van der Waals surface area (Å²) >= 11 is 0. The molecule has 30 heavy (non-hydrogen) atoms. The van der Waals surface area contributed by atoms with Crippen LogP contribution in [0.25, 0.3) is 33.5 Å². The van der Waals surface area contributed by atoms with E-state index in [1.807, 2.05) is 56.4 Å². The van der Waals surface area contributed by atoms with Crippen LogP contribution in [0.15, 0.2) is 53.5 Å². The van der Waals surface area contributed by atoms with Crippen LogP contribution in [-0.2, 0) is 7.05 Å². The molecule has 148 valence electrons. The fourth-order valence-corrected chi connectivity index (χ4v) is 3.39. The predicted molar refractivity (Wildman–Crippen MR) is 116 cm³/mol. The van der Waals surface area contributed by atoms with E-state index in [9.17, 15) is 10.1 Å². The number of aromatic nitrogens is 4. The standard InChI is InChI=1S/C23H19N5O2/c1-14-20-10-16(6-9-19(20)23(29)27-26-14)21-13-25-28(2)22(21)11-17(12-24)15-4-7-18(30-3)8-5-15/h4-11,13H,1-3H3,(H,27,29). The van der Waals surface area contributed by atoms with Crippen molar-refractivity contribution in [2.45, 2.75) is 6.92 Å². The highest BCUT2D eigenvalue weighted by Crippen LogP contribution is 2.30. The van der Waals surface area contributed by atoms with E-state index in [4.69, 9.17) is 4.74 Å². The summed E-state index contributed by atoms with van der Waals surface area (Å²) < 4.78 is 6.92. The van der Waals surface area contributed by atoms with E-state index in [1.54, 1.807) is 24.1 Å². The number of ether oxygens (including phenoxy) is 1. The molecule has 2 aromatic carbocycles. The van der Waals surface area contributed by atoms with Crippen LogP contribution in [-0.4, -0.2) is 27.1 Å². The van der Waals surface area contributed by atoms with E-state index in [2.05, 4.69) is 21.4 Å². The lowest BCUT2D eigenvalue weighted by Crippen LogP contribution is -2.09. The summed E-state index contributed by atoms with van der Waals surface area (Å²) in [6, 6.07) is 15.2. The van der Waals surface area contributed by atoms with Crippen LogP contribution in [0.3, 0.4) is 0 Å². The first-order valence-corrected chi connectivity index (χ1v) is 9.29. The Hall–Kier alpha value is -4.18. The van der Waals surface area contributed by atoms with Gasteiger partial charge >= 0.3 is 0 Å². The maximum absolute atomic E-state index is 12.0. The third-order valence-corrected chi connectivity index (χ3v) is 5.08. The highest BCUT2D eigenvalue weighted by Gasteiger charge is 2.13. The van der Waals surface area contributed by atoms with E-state index in [-0.39, 0.29) is 5.56 Å². The second kappa shape index (κ2) is 7.68. The van der Waals surface area contributed by atoms with Crippen LogP contribution in [0.2, 0.25) is 0 Å². The Morgan fingerprint density at radius 3 is 2.67 bits per heavy atom. The van der Waals surface area contributed by atoms with Gasteiger partial charge in [0.25, 0.3) is 5.56 Å². The number of benzene rings is 2. The van der Waals surface area contributed by atoms with Gasteiger partial charge in [0.15, 0.2) is 0 Å². The largest absolute Gasteiger partial charge is 0.497 e. The number of rotatable bonds is 4. The van der Waals surface area contributed by atoms with Crippen molar-refractivity contribution < 1.29 is 4.74 Å². The summed E-state index contributed by atoms with van der Waals surface area (Å²) in [7, 11) is 3.43. The molecular weight excluding hydrogens is 378 g/mol. The monoisotopic (exact) mass is 397 g/mol. The summed E-state index contributed by atoms with van der Waals surface area (Å²) in [5.41, 5.74) is 4.36. The zero-order chi connectivity index (χ0) is 21.3. The molecular formula is C23H19N5O2. The normalized spacial score (nSPS) is 11.5. The Morgan fingerprint density at radius 1 is 1.20 bits per heavy atom. The molecule has 0 amide bonds. The van der Waals surface area contributed by atoms with E-state index >= 15 is 0 Å². The second-order valence-corrected chi connectivity index (χ2v) is 6.86. The van der Waals surface area contributed by atoms with Gasteiger partial charge in [-0.2, -0.15) is 15.5 Å². The molecule has 0 aliphatic carbocycles. The summed E-state index contributed by atoms with van der Waals surface area (Å²) in [5, 5.41) is 22.1. The zero-order valence-electron chi connectivity index (χ0n) is 16.8. The van der Waals surface area contributed by atoms with Gasteiger partial charge in [0.2, 0.25) is 0 Å². The predicted octanol–water partition coefficient (Wildman–Crippen LogP) is 3.70. The molecule has 0 saturated carbocycles. The lowest BCUT2D eigenvalue weighted by molar-refractivity contribution is 0.415. The van der Waals surface area contributed by atoms with Crippen molar-refractivity contribution in [3.05, 3.63) is 76.0 Å². The molecule has 0 aliphatic heterocycles. The van der Waals surface area contributed by atoms with Crippen LogP contribution < -0.4 is 10.3 Å². The molecule has 7 heteroatoms. The molecule has 0 saturated heterocycles. The minimum Gasteiger partial charge on any atom is -0.497 e. The maximum Gasteiger partial charge on any atom is 0.272 e. The van der Waals surface area contributed by atoms with E-state index in [0.29, 0.717) is 11.0 Å². The Bertz CT molecular complexity index is 1370. The average Bonchev–Trinajstić information content (AvgIpc) is 3.14. The molecule has 0 spiro atoms. The number of methoxy groups -OCH3 is 1. The fourth-order valence-electron chi connectivity index (χ4n) is 3.39. The Morgan fingerprint density at radius 2 is 1.97 bits per heavy atom. The van der Waals surface area contributed by atoms with Gasteiger partial charge in [0, 0.05) is 18.0 Å². The number of nitrogens with zero attached hydrogens (tertiary/aromatic N) is 4. The molecule has 0 aliphatic rings. The lowest BCUT2D eigenvalue weighted by atomic mass is 9.99. The molecule has 0 unspecified atom stereocenters. The molecule has 7 nitrogen and oxygen atoms in total. The Balaban J connectivity index is 1.84. The molecule has 4 aromatic rings. The van der Waals surface area contributed by atoms with Crippen LogP contribution in [0, 0.1) is 18.3 Å². The minimum absolute atomic E-state index is 0.222. The van der Waals surface area contributed by atoms with E-state index in [0.717, 1.165) is 39.2 Å². The molecule has 0 atom stereocenters. The topological polar surface area (TPSA) is 96.6 Å². The molecule has 2 heterocycles. The third-order valence-electron chi connectivity index (χ3n) is 5.08. The highest BCUT2D eigenvalue weighted by molar-refractivity contribution is 5.94. The average molecular weight is 397 g/mol. The molecule has 1 N–H and O–H groups in total. The SMILES string of the molecule is COc1ccc(C(C#N)=Cc2c(-c3ccc4c(=O)[nH]nc(C)c4c3)cnn2C)cc1. The second-order valence-electron chi connectivity index (χ2n) is 6.86. The molecule has 2 aromatic heterocycles. The maximum atomic E-state index is 12.0. The van der Waals surface area contributed by atoms with Gasteiger partial charge in [0.1, 0.15) is 5.75 Å². The number of hydrogen-bond donors (Lipinski definition) is 1. The van der Waals surface area contributed by atoms with Crippen LogP contribution >= 0.6 is 0 Å². The molecule has 0 bridgehead atoms. The minimum atomic E-state index is -0.222. The van der Waals surface area contributed by atoms with Gasteiger partial charge in [0.05, 0.1) is 41.7 Å². The number of nitrogens with one attached hydrogen (secondary N) is 1. The van der Waals surface area contributed by atoms with Crippen molar-refractivity contribution in [1.29, 1.82) is 5.26 Å². The number of nitriles is 1. The quantitative estimate of drug-likeness (QED) is 0.530. The number of H-pyrrole nitrogens is 1. The molecule has 0 fully saturated rings. The Kier molecular flexibility index (Phi) is 4.90. The third kappa shape index (κ3) is 3.35. The van der Waals surface area contributed by atoms with Crippen molar-refractivity contribution in [3.63, 3.8) is 0 Å². The van der Waals surface area contributed by atoms with Gasteiger partial charge in [-0.25, -0.2) is 5.10 Å². The summed E-state index contributed by atoms with van der Waals surface area (Å²) in [5.74, 6) is 0.729. The first kappa shape index (κ1) is 19.2. The van der Waals surface area contributed by atoms with Crippen molar-refractivity contribution in [2.75, 3.05) is 7.11 Å². The van der Waals surface area contributed by atoms with Crippen LogP contribution in [0.5, 0.6) is 5.75 Å². The highest BCUT2D eigenvalue weighted by atomic mass is 16.5. The lowest BCUT2D eigenvalue weighted by Gasteiger charge is -2.07. The number of fused-ring (bicyclic) bond motifs is 1. The number of hydrogen-bond acceptors (Lipinski definition) is 5. The molecule has 0 radical (unpaired) electrons. The number of allylic oxidation sites excluding steroid dienone is 1. The molecule has 4 rings (SSSR count). The number of aryl methyl sites for hydroxylation is 2. The van der Waals surface area contributed by atoms with Gasteiger partial charge < -0.3 is 4.74 Å². The smallest absolute Gasteiger partial charge is 0.272 e. The van der Waals surface area contributed by atoms with Crippen molar-refractivity contribution >= 4 is 22.4 Å². The summed E-state index contributed by atoms with van der Waals surface area (Å²) in [4.78, 5) is 12.0. The summed E-state index contributed by atoms with van der Waals surface area (Å²) in [6.45, 7) is 1.85. The summed E-state index contributed by atoms with van der Waals surface area (Å²) in [6.07, 6.45) is 3.57. The van der Waals surface area contributed by atoms with Crippen molar-refractivity contribution in [1.82, 2.24) is 20.0 Å².